The third-order valence-corrected chi connectivity index (χ3v) is 4.12. The molecule has 2 aromatic heterocycles. The van der Waals surface area contributed by atoms with Crippen LogP contribution in [0.3, 0.4) is 0 Å². The first kappa shape index (κ1) is 17.5. The number of aromatic nitrogens is 4. The molecule has 0 radical (unpaired) electrons. The van der Waals surface area contributed by atoms with Gasteiger partial charge in [0.05, 0.1) is 12.2 Å². The Hall–Kier alpha value is -3.94. The summed E-state index contributed by atoms with van der Waals surface area (Å²) in [6, 6.07) is 18.2. The number of benzene rings is 2. The van der Waals surface area contributed by atoms with Gasteiger partial charge in [0.25, 0.3) is 5.91 Å². The molecule has 1 amide bonds. The summed E-state index contributed by atoms with van der Waals surface area (Å²) in [6.07, 6.45) is 0.558. The molecule has 3 N–H and O–H groups in total. The molecule has 4 rings (SSSR count). The zero-order chi connectivity index (χ0) is 19.3. The number of para-hydroxylation sites is 1. The summed E-state index contributed by atoms with van der Waals surface area (Å²) in [4.78, 5) is 16.6. The molecule has 4 aromatic rings. The Morgan fingerprint density at radius 1 is 1.11 bits per heavy atom. The number of aromatic hydroxyl groups is 1. The number of hydrogen-bond donors (Lipinski definition) is 3. The van der Waals surface area contributed by atoms with Crippen LogP contribution in [0.2, 0.25) is 0 Å². The molecule has 28 heavy (non-hydrogen) atoms. The largest absolute Gasteiger partial charge is 0.507 e. The van der Waals surface area contributed by atoms with Crippen LogP contribution < -0.4 is 5.32 Å². The Bertz CT molecular complexity index is 1090. The van der Waals surface area contributed by atoms with Crippen LogP contribution >= 0.6 is 0 Å². The predicted molar refractivity (Wildman–Crippen MR) is 100 cm³/mol. The SMILES string of the molecule is O=C(NCc1nc(Cc2ccccc2)no1)c1cc(-c2ccccc2O)n[nH]1. The predicted octanol–water partition coefficient (Wildman–Crippen LogP) is 2.69. The van der Waals surface area contributed by atoms with Gasteiger partial charge in [0.1, 0.15) is 11.4 Å². The fraction of sp³-hybridized carbons (Fsp3) is 0.100. The Labute approximate surface area is 160 Å². The van der Waals surface area contributed by atoms with E-state index in [1.165, 1.54) is 0 Å². The van der Waals surface area contributed by atoms with Gasteiger partial charge in [-0.1, -0.05) is 47.6 Å². The van der Waals surface area contributed by atoms with Crippen molar-refractivity contribution in [3.05, 3.63) is 83.6 Å². The third-order valence-electron chi connectivity index (χ3n) is 4.12. The fourth-order valence-electron chi connectivity index (χ4n) is 2.73. The number of nitrogens with zero attached hydrogens (tertiary/aromatic N) is 3. The maximum Gasteiger partial charge on any atom is 0.269 e. The fourth-order valence-corrected chi connectivity index (χ4v) is 2.73. The normalized spacial score (nSPS) is 10.7. The number of carbonyl (C=O) groups is 1. The number of amides is 1. The minimum absolute atomic E-state index is 0.0952. The first-order chi connectivity index (χ1) is 13.7. The van der Waals surface area contributed by atoms with Crippen LogP contribution in [0.4, 0.5) is 0 Å². The number of hydrogen-bond acceptors (Lipinski definition) is 6. The molecule has 0 fully saturated rings. The van der Waals surface area contributed by atoms with E-state index in [2.05, 4.69) is 25.7 Å². The van der Waals surface area contributed by atoms with E-state index >= 15 is 0 Å². The van der Waals surface area contributed by atoms with Gasteiger partial charge in [-0.2, -0.15) is 10.1 Å². The number of phenols is 1. The van der Waals surface area contributed by atoms with Gasteiger partial charge in [-0.05, 0) is 23.8 Å². The molecule has 8 nitrogen and oxygen atoms in total. The van der Waals surface area contributed by atoms with Crippen molar-refractivity contribution < 1.29 is 14.4 Å². The average Bonchev–Trinajstić information content (AvgIpc) is 3.37. The van der Waals surface area contributed by atoms with Gasteiger partial charge in [-0.3, -0.25) is 9.89 Å². The second-order valence-electron chi connectivity index (χ2n) is 6.13. The molecular formula is C20H17N5O3. The molecule has 0 aliphatic heterocycles. The molecule has 0 saturated heterocycles. The summed E-state index contributed by atoms with van der Waals surface area (Å²) in [5, 5.41) is 23.3. The van der Waals surface area contributed by atoms with E-state index in [0.717, 1.165) is 5.56 Å². The van der Waals surface area contributed by atoms with Gasteiger partial charge in [0.15, 0.2) is 5.82 Å². The highest BCUT2D eigenvalue weighted by molar-refractivity contribution is 5.93. The minimum Gasteiger partial charge on any atom is -0.507 e. The van der Waals surface area contributed by atoms with Crippen molar-refractivity contribution in [3.8, 4) is 17.0 Å². The second-order valence-corrected chi connectivity index (χ2v) is 6.13. The van der Waals surface area contributed by atoms with Gasteiger partial charge in [-0.15, -0.1) is 0 Å². The first-order valence-corrected chi connectivity index (χ1v) is 8.66. The van der Waals surface area contributed by atoms with Gasteiger partial charge >= 0.3 is 0 Å². The summed E-state index contributed by atoms with van der Waals surface area (Å²) in [6.45, 7) is 0.103. The van der Waals surface area contributed by atoms with E-state index in [1.54, 1.807) is 30.3 Å². The van der Waals surface area contributed by atoms with Crippen molar-refractivity contribution in [1.82, 2.24) is 25.7 Å². The molecule has 0 spiro atoms. The van der Waals surface area contributed by atoms with E-state index in [9.17, 15) is 9.90 Å². The summed E-state index contributed by atoms with van der Waals surface area (Å²) in [7, 11) is 0. The lowest BCUT2D eigenvalue weighted by molar-refractivity contribution is 0.0941. The number of H-pyrrole nitrogens is 1. The molecular weight excluding hydrogens is 358 g/mol. The van der Waals surface area contributed by atoms with Gasteiger partial charge in [-0.25, -0.2) is 0 Å². The van der Waals surface area contributed by atoms with Gasteiger partial charge in [0.2, 0.25) is 5.89 Å². The van der Waals surface area contributed by atoms with Crippen LogP contribution in [0.25, 0.3) is 11.3 Å². The van der Waals surface area contributed by atoms with Crippen LogP contribution in [0.15, 0.2) is 65.2 Å². The number of aromatic amines is 1. The number of phenolic OH excluding ortho intramolecular Hbond substituents is 1. The maximum atomic E-state index is 12.3. The molecule has 140 valence electrons. The summed E-state index contributed by atoms with van der Waals surface area (Å²) < 4.78 is 5.18. The van der Waals surface area contributed by atoms with E-state index in [1.807, 2.05) is 30.3 Å². The lowest BCUT2D eigenvalue weighted by Gasteiger charge is -1.99. The highest BCUT2D eigenvalue weighted by atomic mass is 16.5. The molecule has 0 atom stereocenters. The quantitative estimate of drug-likeness (QED) is 0.477. The highest BCUT2D eigenvalue weighted by Crippen LogP contribution is 2.27. The topological polar surface area (TPSA) is 117 Å². The van der Waals surface area contributed by atoms with Crippen LogP contribution in [0, 0.1) is 0 Å². The Morgan fingerprint density at radius 2 is 1.89 bits per heavy atom. The first-order valence-electron chi connectivity index (χ1n) is 8.66. The second kappa shape index (κ2) is 7.75. The van der Waals surface area contributed by atoms with Crippen molar-refractivity contribution in [1.29, 1.82) is 0 Å². The molecule has 2 heterocycles. The lowest BCUT2D eigenvalue weighted by atomic mass is 10.1. The molecule has 0 aliphatic rings. The zero-order valence-corrected chi connectivity index (χ0v) is 14.8. The van der Waals surface area contributed by atoms with Crippen molar-refractivity contribution in [2.75, 3.05) is 0 Å². The minimum atomic E-state index is -0.364. The smallest absolute Gasteiger partial charge is 0.269 e. The number of carbonyl (C=O) groups excluding carboxylic acids is 1. The van der Waals surface area contributed by atoms with Crippen molar-refractivity contribution in [3.63, 3.8) is 0 Å². The van der Waals surface area contributed by atoms with Crippen LogP contribution in [-0.2, 0) is 13.0 Å². The van der Waals surface area contributed by atoms with Gasteiger partial charge < -0.3 is 14.9 Å². The van der Waals surface area contributed by atoms with Gasteiger partial charge in [0, 0.05) is 12.0 Å². The monoisotopic (exact) mass is 375 g/mol. The Kier molecular flexibility index (Phi) is 4.83. The summed E-state index contributed by atoms with van der Waals surface area (Å²) in [5.41, 5.74) is 2.36. The lowest BCUT2D eigenvalue weighted by Crippen LogP contribution is -2.23. The van der Waals surface area contributed by atoms with Crippen molar-refractivity contribution >= 4 is 5.91 Å². The molecule has 0 saturated carbocycles. The number of rotatable bonds is 6. The van der Waals surface area contributed by atoms with E-state index in [4.69, 9.17) is 4.52 Å². The van der Waals surface area contributed by atoms with Crippen molar-refractivity contribution in [2.45, 2.75) is 13.0 Å². The van der Waals surface area contributed by atoms with Crippen molar-refractivity contribution in [2.24, 2.45) is 0 Å². The highest BCUT2D eigenvalue weighted by Gasteiger charge is 2.14. The standard InChI is InChI=1S/C20H17N5O3/c26-17-9-5-4-8-14(17)15-11-16(24-23-15)20(27)21-12-19-22-18(25-28-19)10-13-6-2-1-3-7-13/h1-9,11,26H,10,12H2,(H,21,27)(H,23,24). The van der Waals surface area contributed by atoms with Crippen LogP contribution in [-0.4, -0.2) is 31.4 Å². The average molecular weight is 375 g/mol. The molecule has 0 unspecified atom stereocenters. The Balaban J connectivity index is 1.37. The molecule has 0 bridgehead atoms. The summed E-state index contributed by atoms with van der Waals surface area (Å²) in [5.74, 6) is 0.605. The van der Waals surface area contributed by atoms with E-state index in [-0.39, 0.29) is 23.9 Å². The zero-order valence-electron chi connectivity index (χ0n) is 14.8. The van der Waals surface area contributed by atoms with Crippen LogP contribution in [0.5, 0.6) is 5.75 Å². The maximum absolute atomic E-state index is 12.3. The summed E-state index contributed by atoms with van der Waals surface area (Å²) >= 11 is 0. The third kappa shape index (κ3) is 3.90. The van der Waals surface area contributed by atoms with E-state index in [0.29, 0.717) is 29.4 Å². The van der Waals surface area contributed by atoms with E-state index < -0.39 is 0 Å². The molecule has 2 aromatic carbocycles. The van der Waals surface area contributed by atoms with Crippen LogP contribution in [0.1, 0.15) is 27.8 Å². The number of nitrogens with one attached hydrogen (secondary N) is 2. The Morgan fingerprint density at radius 3 is 2.71 bits per heavy atom. The molecule has 0 aliphatic carbocycles. The molecule has 8 heteroatoms.